The lowest BCUT2D eigenvalue weighted by molar-refractivity contribution is -0.197. The number of aliphatic hydroxyl groups is 2. The number of carboxylic acid groups (broad SMARTS) is 1. The molecule has 0 aliphatic rings. The van der Waals surface area contributed by atoms with Gasteiger partial charge in [0.15, 0.2) is 0 Å². The van der Waals surface area contributed by atoms with Crippen LogP contribution in [0.3, 0.4) is 0 Å². The molecule has 6 nitrogen and oxygen atoms in total. The van der Waals surface area contributed by atoms with Crippen LogP contribution in [-0.2, 0) is 14.3 Å². The summed E-state index contributed by atoms with van der Waals surface area (Å²) in [5.74, 6) is -2.58. The summed E-state index contributed by atoms with van der Waals surface area (Å²) in [4.78, 5) is 22.1. The van der Waals surface area contributed by atoms with Crippen molar-refractivity contribution in [1.82, 2.24) is 0 Å². The number of methoxy groups -OCH3 is 1. The van der Waals surface area contributed by atoms with E-state index < -0.39 is 29.6 Å². The van der Waals surface area contributed by atoms with Gasteiger partial charge in [-0.15, -0.1) is 6.58 Å². The third-order valence-electron chi connectivity index (χ3n) is 2.71. The highest BCUT2D eigenvalue weighted by Crippen LogP contribution is 2.31. The van der Waals surface area contributed by atoms with E-state index in [1.807, 2.05) is 0 Å². The van der Waals surface area contributed by atoms with Crippen molar-refractivity contribution in [2.24, 2.45) is 0 Å². The van der Waals surface area contributed by atoms with E-state index in [0.29, 0.717) is 6.42 Å². The molecule has 17 heavy (non-hydrogen) atoms. The monoisotopic (exact) mass is 246 g/mol. The number of carbonyl (C=O) groups excluding carboxylic acids is 1. The van der Waals surface area contributed by atoms with Crippen LogP contribution in [0.15, 0.2) is 12.7 Å². The largest absolute Gasteiger partial charge is 0.479 e. The zero-order valence-corrected chi connectivity index (χ0v) is 9.97. The van der Waals surface area contributed by atoms with Crippen LogP contribution in [0.2, 0.25) is 0 Å². The number of ether oxygens (including phenoxy) is 1. The minimum Gasteiger partial charge on any atom is -0.479 e. The standard InChI is InChI=1S/C11H18O6/c1-4-5-6-10(2,15)11(16,9(13)14)7-8(12)17-3/h4,15-16H,1,5-7H2,2-3H3,(H,13,14). The Morgan fingerprint density at radius 3 is 2.29 bits per heavy atom. The SMILES string of the molecule is C=CCCC(C)(O)C(O)(CC(=O)OC)C(=O)O. The predicted molar refractivity (Wildman–Crippen MR) is 59.3 cm³/mol. The van der Waals surface area contributed by atoms with Crippen LogP contribution in [0.1, 0.15) is 26.2 Å². The van der Waals surface area contributed by atoms with Gasteiger partial charge in [-0.1, -0.05) is 6.08 Å². The van der Waals surface area contributed by atoms with Gasteiger partial charge in [-0.25, -0.2) is 4.79 Å². The van der Waals surface area contributed by atoms with Crippen molar-refractivity contribution in [2.75, 3.05) is 7.11 Å². The lowest BCUT2D eigenvalue weighted by Crippen LogP contribution is -2.58. The second-order valence-electron chi connectivity index (χ2n) is 4.02. The molecule has 0 bridgehead atoms. The first-order chi connectivity index (χ1) is 7.71. The minimum atomic E-state index is -2.58. The Kier molecular flexibility index (Phi) is 5.31. The number of esters is 1. The molecule has 6 heteroatoms. The van der Waals surface area contributed by atoms with Crippen molar-refractivity contribution in [3.05, 3.63) is 12.7 Å². The van der Waals surface area contributed by atoms with Crippen molar-refractivity contribution in [3.8, 4) is 0 Å². The molecule has 98 valence electrons. The highest BCUT2D eigenvalue weighted by molar-refractivity contribution is 5.85. The molecule has 0 amide bonds. The third-order valence-corrected chi connectivity index (χ3v) is 2.71. The lowest BCUT2D eigenvalue weighted by Gasteiger charge is -2.36. The number of allylic oxidation sites excluding steroid dienone is 1. The summed E-state index contributed by atoms with van der Waals surface area (Å²) in [5, 5.41) is 28.9. The average Bonchev–Trinajstić information content (AvgIpc) is 2.25. The van der Waals surface area contributed by atoms with E-state index in [2.05, 4.69) is 11.3 Å². The van der Waals surface area contributed by atoms with Crippen molar-refractivity contribution in [2.45, 2.75) is 37.4 Å². The Balaban J connectivity index is 5.10. The molecule has 0 aromatic carbocycles. The van der Waals surface area contributed by atoms with Gasteiger partial charge in [0, 0.05) is 0 Å². The van der Waals surface area contributed by atoms with Gasteiger partial charge >= 0.3 is 11.9 Å². The Hall–Kier alpha value is -1.40. The molecule has 0 aromatic heterocycles. The molecule has 3 N–H and O–H groups in total. The summed E-state index contributed by atoms with van der Waals surface area (Å²) >= 11 is 0. The smallest absolute Gasteiger partial charge is 0.339 e. The summed E-state index contributed by atoms with van der Waals surface area (Å²) in [7, 11) is 1.07. The van der Waals surface area contributed by atoms with Crippen molar-refractivity contribution < 1.29 is 29.6 Å². The summed E-state index contributed by atoms with van der Waals surface area (Å²) < 4.78 is 4.30. The third kappa shape index (κ3) is 3.54. The van der Waals surface area contributed by atoms with Crippen LogP contribution in [0, 0.1) is 0 Å². The summed E-state index contributed by atoms with van der Waals surface area (Å²) in [6.07, 6.45) is 0.942. The van der Waals surface area contributed by atoms with Gasteiger partial charge < -0.3 is 20.1 Å². The zero-order chi connectivity index (χ0) is 13.7. The first-order valence-electron chi connectivity index (χ1n) is 5.07. The zero-order valence-electron chi connectivity index (χ0n) is 9.97. The first kappa shape index (κ1) is 15.6. The maximum absolute atomic E-state index is 11.1. The first-order valence-corrected chi connectivity index (χ1v) is 5.07. The van der Waals surface area contributed by atoms with Gasteiger partial charge in [-0.2, -0.15) is 0 Å². The van der Waals surface area contributed by atoms with E-state index in [1.54, 1.807) is 0 Å². The van der Waals surface area contributed by atoms with E-state index in [-0.39, 0.29) is 6.42 Å². The van der Waals surface area contributed by atoms with Gasteiger partial charge in [0.1, 0.15) is 5.60 Å². The van der Waals surface area contributed by atoms with Crippen molar-refractivity contribution in [1.29, 1.82) is 0 Å². The second-order valence-corrected chi connectivity index (χ2v) is 4.02. The van der Waals surface area contributed by atoms with E-state index in [9.17, 15) is 19.8 Å². The predicted octanol–water partition coefficient (Wildman–Crippen LogP) is 0.0824. The van der Waals surface area contributed by atoms with Crippen LogP contribution < -0.4 is 0 Å². The maximum atomic E-state index is 11.1. The van der Waals surface area contributed by atoms with Gasteiger partial charge in [0.05, 0.1) is 13.5 Å². The van der Waals surface area contributed by atoms with E-state index in [1.165, 1.54) is 6.08 Å². The van der Waals surface area contributed by atoms with Gasteiger partial charge in [0.2, 0.25) is 5.60 Å². The molecule has 0 spiro atoms. The number of hydrogen-bond donors (Lipinski definition) is 3. The van der Waals surface area contributed by atoms with Gasteiger partial charge in [0.25, 0.3) is 0 Å². The molecule has 0 saturated carbocycles. The quantitative estimate of drug-likeness (QED) is 0.434. The summed E-state index contributed by atoms with van der Waals surface area (Å²) in [6, 6.07) is 0. The second kappa shape index (κ2) is 5.79. The average molecular weight is 246 g/mol. The molecule has 0 aliphatic heterocycles. The van der Waals surface area contributed by atoms with Crippen LogP contribution in [0.4, 0.5) is 0 Å². The maximum Gasteiger partial charge on any atom is 0.339 e. The highest BCUT2D eigenvalue weighted by atomic mass is 16.5. The topological polar surface area (TPSA) is 104 Å². The Labute approximate surface area is 99.5 Å². The van der Waals surface area contributed by atoms with E-state index in [0.717, 1.165) is 14.0 Å². The lowest BCUT2D eigenvalue weighted by atomic mass is 9.78. The Morgan fingerprint density at radius 2 is 1.94 bits per heavy atom. The van der Waals surface area contributed by atoms with E-state index in [4.69, 9.17) is 5.11 Å². The molecule has 0 radical (unpaired) electrons. The molecule has 0 aromatic rings. The molecule has 0 aliphatic carbocycles. The van der Waals surface area contributed by atoms with Crippen molar-refractivity contribution in [3.63, 3.8) is 0 Å². The molecule has 2 atom stereocenters. The molecular weight excluding hydrogens is 228 g/mol. The van der Waals surface area contributed by atoms with E-state index >= 15 is 0 Å². The fourth-order valence-electron chi connectivity index (χ4n) is 1.37. The fraction of sp³-hybridized carbons (Fsp3) is 0.636. The van der Waals surface area contributed by atoms with Gasteiger partial charge in [-0.05, 0) is 19.8 Å². The number of carbonyl (C=O) groups is 2. The van der Waals surface area contributed by atoms with Gasteiger partial charge in [-0.3, -0.25) is 4.79 Å². The fourth-order valence-corrected chi connectivity index (χ4v) is 1.37. The molecule has 0 saturated heterocycles. The Morgan fingerprint density at radius 1 is 1.41 bits per heavy atom. The summed E-state index contributed by atoms with van der Waals surface area (Å²) in [5.41, 5.74) is -4.54. The molecule has 0 rings (SSSR count). The molecule has 2 unspecified atom stereocenters. The number of carboxylic acids is 1. The molecule has 0 heterocycles. The number of hydrogen-bond acceptors (Lipinski definition) is 5. The normalized spacial score (nSPS) is 17.6. The number of rotatable bonds is 7. The van der Waals surface area contributed by atoms with Crippen LogP contribution in [0.25, 0.3) is 0 Å². The molecule has 0 fully saturated rings. The van der Waals surface area contributed by atoms with Crippen molar-refractivity contribution >= 4 is 11.9 Å². The molecular formula is C11H18O6. The summed E-state index contributed by atoms with van der Waals surface area (Å²) in [6.45, 7) is 4.60. The Bertz CT molecular complexity index is 309. The van der Waals surface area contributed by atoms with Crippen LogP contribution >= 0.6 is 0 Å². The minimum absolute atomic E-state index is 0.0315. The van der Waals surface area contributed by atoms with Crippen LogP contribution in [-0.4, -0.2) is 45.6 Å². The highest BCUT2D eigenvalue weighted by Gasteiger charge is 2.53. The van der Waals surface area contributed by atoms with Crippen LogP contribution in [0.5, 0.6) is 0 Å². The number of aliphatic carboxylic acids is 1.